The van der Waals surface area contributed by atoms with Gasteiger partial charge in [0.15, 0.2) is 12.2 Å². The van der Waals surface area contributed by atoms with E-state index in [4.69, 9.17) is 37.0 Å². The summed E-state index contributed by atoms with van der Waals surface area (Å²) in [4.78, 5) is 73.2. The molecule has 0 aromatic carbocycles. The topological polar surface area (TPSA) is 237 Å². The van der Waals surface area contributed by atoms with Crippen LogP contribution in [0.5, 0.6) is 0 Å². The Hall–Kier alpha value is -1.94. The Balaban J connectivity index is 5.27. The highest BCUT2D eigenvalue weighted by atomic mass is 31.2. The van der Waals surface area contributed by atoms with Crippen molar-refractivity contribution in [2.45, 2.75) is 452 Å². The molecule has 0 rings (SSSR count). The number of unbranched alkanes of at least 4 members (excludes halogenated alkanes) is 48. The smallest absolute Gasteiger partial charge is 0.462 e. The number of phosphoric ester groups is 2. The van der Waals surface area contributed by atoms with Gasteiger partial charge in [-0.05, 0) is 43.4 Å². The maximum absolute atomic E-state index is 13.1. The molecular formula is C83H162O17P2. The molecule has 0 aromatic heterocycles. The third kappa shape index (κ3) is 74.9. The van der Waals surface area contributed by atoms with Crippen molar-refractivity contribution in [1.29, 1.82) is 0 Å². The van der Waals surface area contributed by atoms with E-state index in [2.05, 4.69) is 48.5 Å². The monoisotopic (exact) mass is 1490 g/mol. The summed E-state index contributed by atoms with van der Waals surface area (Å²) in [6.07, 6.45) is 62.2. The zero-order chi connectivity index (χ0) is 75.1. The van der Waals surface area contributed by atoms with Crippen LogP contribution in [0.3, 0.4) is 0 Å². The molecule has 0 heterocycles. The Kier molecular flexibility index (Phi) is 71.8. The lowest BCUT2D eigenvalue weighted by Crippen LogP contribution is -2.30. The lowest BCUT2D eigenvalue weighted by molar-refractivity contribution is -0.161. The number of esters is 4. The van der Waals surface area contributed by atoms with Crippen LogP contribution in [0.2, 0.25) is 0 Å². The van der Waals surface area contributed by atoms with Gasteiger partial charge >= 0.3 is 39.5 Å². The number of phosphoric acid groups is 2. The van der Waals surface area contributed by atoms with Gasteiger partial charge < -0.3 is 33.8 Å². The molecule has 0 saturated carbocycles. The van der Waals surface area contributed by atoms with E-state index in [1.54, 1.807) is 0 Å². The highest BCUT2D eigenvalue weighted by Crippen LogP contribution is 2.45. The predicted molar refractivity (Wildman–Crippen MR) is 418 cm³/mol. The number of carbonyl (C=O) groups is 4. The molecule has 3 unspecified atom stereocenters. The number of hydrogen-bond donors (Lipinski definition) is 3. The van der Waals surface area contributed by atoms with Crippen molar-refractivity contribution < 1.29 is 80.2 Å². The zero-order valence-electron chi connectivity index (χ0n) is 67.1. The SMILES string of the molecule is CCCCCCCCCCCCCCCCC(=O)O[C@H](COC(=O)CCCCCCCCCCCCC(C)C)COP(=O)(O)OC[C@H](O)COP(=O)(O)OC[C@@H](COC(=O)CCCCCCCCCCCCCCCCC(C)C)OC(=O)CCCCCCCCCCCCCCCCC(C)CC. The summed E-state index contributed by atoms with van der Waals surface area (Å²) in [5.74, 6) is 0.298. The van der Waals surface area contributed by atoms with Crippen molar-refractivity contribution >= 4 is 39.5 Å². The second kappa shape index (κ2) is 73.2. The Labute approximate surface area is 626 Å². The molecule has 0 aliphatic carbocycles. The molecule has 19 heteroatoms. The summed E-state index contributed by atoms with van der Waals surface area (Å²) in [5, 5.41) is 10.7. The Morgan fingerprint density at radius 2 is 0.500 bits per heavy atom. The standard InChI is InChI=1S/C83H162O17P2/c1-8-10-11-12-13-14-15-16-23-29-38-45-52-59-66-82(87)100-79(71-94-81(86)65-58-51-44-37-32-31-34-41-48-55-62-75(5)6)73-98-102(91,92)96-69-77(84)68-95-101(89,90)97-72-78(70-93-80(85)64-57-50-43-36-28-24-19-17-21-26-33-40-47-54-61-74(3)4)99-83(88)67-60-53-46-39-30-25-20-18-22-27-35-42-49-56-63-76(7)9-2/h74-79,84H,8-73H2,1-7H3,(H,89,90)(H,91,92)/t76?,77-,78-,79-/m1/s1. The molecule has 0 fully saturated rings. The fraction of sp³-hybridized carbons (Fsp3) is 0.952. The second-order valence-corrected chi connectivity index (χ2v) is 34.0. The molecule has 6 atom stereocenters. The molecular weight excluding hydrogens is 1330 g/mol. The van der Waals surface area contributed by atoms with Gasteiger partial charge in [-0.3, -0.25) is 37.3 Å². The van der Waals surface area contributed by atoms with Crippen LogP contribution in [0.25, 0.3) is 0 Å². The van der Waals surface area contributed by atoms with Gasteiger partial charge in [0.05, 0.1) is 26.4 Å². The molecule has 606 valence electrons. The number of aliphatic hydroxyl groups excluding tert-OH is 1. The Morgan fingerprint density at radius 1 is 0.284 bits per heavy atom. The predicted octanol–water partition coefficient (Wildman–Crippen LogP) is 24.9. The van der Waals surface area contributed by atoms with Crippen molar-refractivity contribution in [2.24, 2.45) is 17.8 Å². The van der Waals surface area contributed by atoms with Gasteiger partial charge in [-0.15, -0.1) is 0 Å². The highest BCUT2D eigenvalue weighted by molar-refractivity contribution is 7.47. The fourth-order valence-corrected chi connectivity index (χ4v) is 14.4. The maximum Gasteiger partial charge on any atom is 0.472 e. The lowest BCUT2D eigenvalue weighted by atomic mass is 9.99. The first-order valence-electron chi connectivity index (χ1n) is 42.9. The minimum absolute atomic E-state index is 0.108. The molecule has 0 aliphatic rings. The van der Waals surface area contributed by atoms with Crippen LogP contribution < -0.4 is 0 Å². The van der Waals surface area contributed by atoms with E-state index in [1.165, 1.54) is 244 Å². The van der Waals surface area contributed by atoms with Crippen molar-refractivity contribution in [1.82, 2.24) is 0 Å². The van der Waals surface area contributed by atoms with Gasteiger partial charge in [0.1, 0.15) is 19.3 Å². The van der Waals surface area contributed by atoms with E-state index in [0.717, 1.165) is 108 Å². The molecule has 0 amide bonds. The van der Waals surface area contributed by atoms with E-state index >= 15 is 0 Å². The van der Waals surface area contributed by atoms with Gasteiger partial charge in [0.25, 0.3) is 0 Å². The van der Waals surface area contributed by atoms with E-state index in [-0.39, 0.29) is 25.7 Å². The summed E-state index contributed by atoms with van der Waals surface area (Å²) >= 11 is 0. The molecule has 0 aliphatic heterocycles. The Bertz CT molecular complexity index is 1980. The first kappa shape index (κ1) is 100. The van der Waals surface area contributed by atoms with Crippen molar-refractivity contribution in [3.63, 3.8) is 0 Å². The number of carbonyl (C=O) groups excluding carboxylic acids is 4. The van der Waals surface area contributed by atoms with Crippen molar-refractivity contribution in [3.8, 4) is 0 Å². The van der Waals surface area contributed by atoms with Crippen LogP contribution in [0.4, 0.5) is 0 Å². The normalized spacial score (nSPS) is 14.2. The van der Waals surface area contributed by atoms with Crippen LogP contribution in [0.1, 0.15) is 434 Å². The van der Waals surface area contributed by atoms with E-state index in [9.17, 15) is 43.2 Å². The molecule has 17 nitrogen and oxygen atoms in total. The first-order valence-corrected chi connectivity index (χ1v) is 45.9. The van der Waals surface area contributed by atoms with E-state index < -0.39 is 97.5 Å². The minimum atomic E-state index is -4.96. The average molecular weight is 1490 g/mol. The molecule has 0 spiro atoms. The molecule has 0 aromatic rings. The van der Waals surface area contributed by atoms with E-state index in [0.29, 0.717) is 25.7 Å². The lowest BCUT2D eigenvalue weighted by Gasteiger charge is -2.21. The summed E-state index contributed by atoms with van der Waals surface area (Å²) in [5.41, 5.74) is 0. The molecule has 102 heavy (non-hydrogen) atoms. The number of ether oxygens (including phenoxy) is 4. The summed E-state index contributed by atoms with van der Waals surface area (Å²) < 4.78 is 68.8. The maximum atomic E-state index is 13.1. The number of aliphatic hydroxyl groups is 1. The average Bonchev–Trinajstić information content (AvgIpc) is 0.918. The van der Waals surface area contributed by atoms with E-state index in [1.807, 2.05) is 0 Å². The van der Waals surface area contributed by atoms with Crippen molar-refractivity contribution in [2.75, 3.05) is 39.6 Å². The minimum Gasteiger partial charge on any atom is -0.462 e. The molecule has 0 saturated heterocycles. The Morgan fingerprint density at radius 3 is 0.745 bits per heavy atom. The summed E-state index contributed by atoms with van der Waals surface area (Å²) in [6, 6.07) is 0. The molecule has 0 bridgehead atoms. The fourth-order valence-electron chi connectivity index (χ4n) is 12.8. The summed E-state index contributed by atoms with van der Waals surface area (Å²) in [7, 11) is -9.93. The van der Waals surface area contributed by atoms with Gasteiger partial charge in [-0.1, -0.05) is 382 Å². The third-order valence-corrected chi connectivity index (χ3v) is 21.6. The largest absolute Gasteiger partial charge is 0.472 e. The number of hydrogen-bond acceptors (Lipinski definition) is 15. The first-order chi connectivity index (χ1) is 49.3. The highest BCUT2D eigenvalue weighted by Gasteiger charge is 2.30. The summed E-state index contributed by atoms with van der Waals surface area (Å²) in [6.45, 7) is 12.0. The third-order valence-electron chi connectivity index (χ3n) is 19.7. The number of rotatable bonds is 81. The quantitative estimate of drug-likeness (QED) is 0.0222. The second-order valence-electron chi connectivity index (χ2n) is 31.1. The molecule has 3 N–H and O–H groups in total. The van der Waals surface area contributed by atoms with Crippen LogP contribution >= 0.6 is 15.6 Å². The van der Waals surface area contributed by atoms with Crippen LogP contribution in [0, 0.1) is 17.8 Å². The van der Waals surface area contributed by atoms with Gasteiger partial charge in [-0.25, -0.2) is 9.13 Å². The van der Waals surface area contributed by atoms with Gasteiger partial charge in [-0.2, -0.15) is 0 Å². The van der Waals surface area contributed by atoms with Crippen LogP contribution in [-0.2, 0) is 65.4 Å². The zero-order valence-corrected chi connectivity index (χ0v) is 68.9. The van der Waals surface area contributed by atoms with Gasteiger partial charge in [0.2, 0.25) is 0 Å². The van der Waals surface area contributed by atoms with Crippen molar-refractivity contribution in [3.05, 3.63) is 0 Å². The van der Waals surface area contributed by atoms with Crippen LogP contribution in [0.15, 0.2) is 0 Å². The van der Waals surface area contributed by atoms with Gasteiger partial charge in [0, 0.05) is 25.7 Å². The van der Waals surface area contributed by atoms with Crippen LogP contribution in [-0.4, -0.2) is 96.7 Å². The molecule has 0 radical (unpaired) electrons.